The Labute approximate surface area is 135 Å². The number of halogens is 3. The van der Waals surface area contributed by atoms with Gasteiger partial charge < -0.3 is 5.73 Å². The minimum Gasteiger partial charge on any atom is -0.327 e. The second-order valence-electron chi connectivity index (χ2n) is 4.43. The maximum atomic E-state index is 13.7. The lowest BCUT2D eigenvalue weighted by molar-refractivity contribution is 0.597. The van der Waals surface area contributed by atoms with Crippen LogP contribution in [0.1, 0.15) is 5.56 Å². The summed E-state index contributed by atoms with van der Waals surface area (Å²) in [4.78, 5) is 1.14. The van der Waals surface area contributed by atoms with Crippen molar-refractivity contribution >= 4 is 39.3 Å². The van der Waals surface area contributed by atoms with E-state index >= 15 is 0 Å². The second kappa shape index (κ2) is 7.46. The zero-order chi connectivity index (χ0) is 14.5. The topological polar surface area (TPSA) is 26.0 Å². The Morgan fingerprint density at radius 2 is 1.90 bits per heavy atom. The molecule has 0 amide bonds. The lowest BCUT2D eigenvalue weighted by Crippen LogP contribution is -2.26. The Bertz CT molecular complexity index is 556. The van der Waals surface area contributed by atoms with Crippen LogP contribution in [-0.4, -0.2) is 11.8 Å². The molecule has 1 atom stereocenters. The van der Waals surface area contributed by atoms with Crippen molar-refractivity contribution in [2.45, 2.75) is 17.4 Å². The molecule has 0 saturated carbocycles. The molecule has 1 unspecified atom stereocenters. The van der Waals surface area contributed by atoms with Gasteiger partial charge in [0.05, 0.1) is 0 Å². The van der Waals surface area contributed by atoms with Crippen LogP contribution >= 0.6 is 39.3 Å². The van der Waals surface area contributed by atoms with E-state index in [-0.39, 0.29) is 11.9 Å². The molecule has 2 aromatic rings. The van der Waals surface area contributed by atoms with E-state index in [0.717, 1.165) is 9.37 Å². The van der Waals surface area contributed by atoms with Crippen molar-refractivity contribution in [1.29, 1.82) is 0 Å². The van der Waals surface area contributed by atoms with E-state index in [9.17, 15) is 4.39 Å². The van der Waals surface area contributed by atoms with Crippen LogP contribution in [-0.2, 0) is 6.42 Å². The molecule has 0 bridgehead atoms. The quantitative estimate of drug-likeness (QED) is 0.753. The molecule has 0 aromatic heterocycles. The van der Waals surface area contributed by atoms with E-state index in [1.54, 1.807) is 23.9 Å². The van der Waals surface area contributed by atoms with Crippen LogP contribution in [0.2, 0.25) is 5.02 Å². The van der Waals surface area contributed by atoms with Crippen LogP contribution in [0.4, 0.5) is 4.39 Å². The highest BCUT2D eigenvalue weighted by molar-refractivity contribution is 9.10. The van der Waals surface area contributed by atoms with Crippen molar-refractivity contribution < 1.29 is 4.39 Å². The summed E-state index contributed by atoms with van der Waals surface area (Å²) in [6, 6.07) is 12.6. The molecule has 0 fully saturated rings. The fraction of sp³-hybridized carbons (Fsp3) is 0.200. The fourth-order valence-electron chi connectivity index (χ4n) is 1.78. The van der Waals surface area contributed by atoms with E-state index in [0.29, 0.717) is 22.8 Å². The maximum Gasteiger partial charge on any atom is 0.127 e. The number of nitrogens with two attached hydrogens (primary N) is 1. The first-order valence-electron chi connectivity index (χ1n) is 6.13. The molecule has 5 heteroatoms. The molecular formula is C15H14BrClFNS. The minimum atomic E-state index is -0.290. The zero-order valence-corrected chi connectivity index (χ0v) is 13.8. The summed E-state index contributed by atoms with van der Waals surface area (Å²) in [5, 5.41) is 0.439. The summed E-state index contributed by atoms with van der Waals surface area (Å²) in [6.07, 6.45) is 0.440. The molecular weight excluding hydrogens is 361 g/mol. The molecule has 2 aromatic carbocycles. The highest BCUT2D eigenvalue weighted by Gasteiger charge is 2.12. The number of benzene rings is 2. The van der Waals surface area contributed by atoms with Gasteiger partial charge >= 0.3 is 0 Å². The molecule has 0 heterocycles. The first-order valence-corrected chi connectivity index (χ1v) is 8.29. The summed E-state index contributed by atoms with van der Waals surface area (Å²) in [5.41, 5.74) is 6.56. The molecule has 1 nitrogen and oxygen atoms in total. The molecule has 2 rings (SSSR count). The number of thioether (sulfide) groups is 1. The average Bonchev–Trinajstić information content (AvgIpc) is 2.42. The van der Waals surface area contributed by atoms with Crippen molar-refractivity contribution in [2.75, 3.05) is 5.75 Å². The molecule has 20 heavy (non-hydrogen) atoms. The van der Waals surface area contributed by atoms with Gasteiger partial charge in [-0.1, -0.05) is 33.6 Å². The molecule has 106 valence electrons. The second-order valence-corrected chi connectivity index (χ2v) is 6.85. The highest BCUT2D eigenvalue weighted by Crippen LogP contribution is 2.24. The van der Waals surface area contributed by atoms with Crippen molar-refractivity contribution in [3.8, 4) is 0 Å². The molecule has 0 aliphatic rings. The van der Waals surface area contributed by atoms with Gasteiger partial charge in [-0.3, -0.25) is 0 Å². The van der Waals surface area contributed by atoms with Crippen molar-refractivity contribution in [1.82, 2.24) is 0 Å². The van der Waals surface area contributed by atoms with E-state index in [4.69, 9.17) is 17.3 Å². The number of hydrogen-bond acceptors (Lipinski definition) is 2. The Morgan fingerprint density at radius 1 is 1.20 bits per heavy atom. The highest BCUT2D eigenvalue weighted by atomic mass is 79.9. The summed E-state index contributed by atoms with van der Waals surface area (Å²) in [6.45, 7) is 0. The summed E-state index contributed by atoms with van der Waals surface area (Å²) in [7, 11) is 0. The van der Waals surface area contributed by atoms with Gasteiger partial charge in [-0.25, -0.2) is 4.39 Å². The van der Waals surface area contributed by atoms with Gasteiger partial charge in [-0.05, 0) is 42.8 Å². The van der Waals surface area contributed by atoms with Gasteiger partial charge in [0.25, 0.3) is 0 Å². The third-order valence-electron chi connectivity index (χ3n) is 2.81. The molecule has 0 spiro atoms. The number of rotatable bonds is 5. The average molecular weight is 375 g/mol. The first-order chi connectivity index (χ1) is 9.56. The molecule has 0 saturated heterocycles. The van der Waals surface area contributed by atoms with Crippen LogP contribution < -0.4 is 5.73 Å². The van der Waals surface area contributed by atoms with Crippen molar-refractivity contribution in [2.24, 2.45) is 5.73 Å². The Hall–Kier alpha value is -0.550. The van der Waals surface area contributed by atoms with Crippen LogP contribution in [0.15, 0.2) is 51.8 Å². The van der Waals surface area contributed by atoms with Crippen LogP contribution in [0.5, 0.6) is 0 Å². The van der Waals surface area contributed by atoms with Crippen LogP contribution in [0.25, 0.3) is 0 Å². The SMILES string of the molecule is NC(CSc1ccc(Br)cc1)Cc1c(F)cccc1Cl. The van der Waals surface area contributed by atoms with Crippen LogP contribution in [0, 0.1) is 5.82 Å². The van der Waals surface area contributed by atoms with Crippen molar-refractivity contribution in [3.63, 3.8) is 0 Å². The number of hydrogen-bond donors (Lipinski definition) is 1. The van der Waals surface area contributed by atoms with Gasteiger partial charge in [0.1, 0.15) is 5.82 Å². The van der Waals surface area contributed by atoms with E-state index in [1.165, 1.54) is 6.07 Å². The van der Waals surface area contributed by atoms with Gasteiger partial charge in [-0.2, -0.15) is 0 Å². The van der Waals surface area contributed by atoms with E-state index < -0.39 is 0 Å². The zero-order valence-electron chi connectivity index (χ0n) is 10.7. The predicted octanol–water partition coefficient (Wildman–Crippen LogP) is 4.90. The van der Waals surface area contributed by atoms with Gasteiger partial charge in [-0.15, -0.1) is 11.8 Å². The largest absolute Gasteiger partial charge is 0.327 e. The first kappa shape index (κ1) is 15.8. The lowest BCUT2D eigenvalue weighted by Gasteiger charge is -2.13. The van der Waals surface area contributed by atoms with Gasteiger partial charge in [0.15, 0.2) is 0 Å². The third kappa shape index (κ3) is 4.48. The third-order valence-corrected chi connectivity index (χ3v) is 4.89. The van der Waals surface area contributed by atoms with E-state index in [2.05, 4.69) is 15.9 Å². The molecule has 0 aliphatic carbocycles. The monoisotopic (exact) mass is 373 g/mol. The Kier molecular flexibility index (Phi) is 5.90. The minimum absolute atomic E-state index is 0.141. The van der Waals surface area contributed by atoms with Gasteiger partial charge in [0, 0.05) is 31.7 Å². The fourth-order valence-corrected chi connectivity index (χ4v) is 3.14. The standard InChI is InChI=1S/C15H14BrClFNS/c16-10-4-6-12(7-5-10)20-9-11(19)8-13-14(17)2-1-3-15(13)18/h1-7,11H,8-9,19H2. The summed E-state index contributed by atoms with van der Waals surface area (Å²) >= 11 is 11.1. The summed E-state index contributed by atoms with van der Waals surface area (Å²) < 4.78 is 14.7. The van der Waals surface area contributed by atoms with Gasteiger partial charge in [0.2, 0.25) is 0 Å². The summed E-state index contributed by atoms with van der Waals surface area (Å²) in [5.74, 6) is 0.424. The normalized spacial score (nSPS) is 12.4. The maximum absolute atomic E-state index is 13.7. The smallest absolute Gasteiger partial charge is 0.127 e. The predicted molar refractivity (Wildman–Crippen MR) is 88.0 cm³/mol. The van der Waals surface area contributed by atoms with Crippen molar-refractivity contribution in [3.05, 3.63) is 63.3 Å². The van der Waals surface area contributed by atoms with E-state index in [1.807, 2.05) is 24.3 Å². The molecule has 0 aliphatic heterocycles. The lowest BCUT2D eigenvalue weighted by atomic mass is 10.1. The molecule has 0 radical (unpaired) electrons. The Balaban J connectivity index is 1.92. The van der Waals surface area contributed by atoms with Crippen LogP contribution in [0.3, 0.4) is 0 Å². The Morgan fingerprint density at radius 3 is 2.55 bits per heavy atom. The molecule has 2 N–H and O–H groups in total.